The van der Waals surface area contributed by atoms with Crippen molar-refractivity contribution >= 4 is 23.5 Å². The van der Waals surface area contributed by atoms with Crippen LogP contribution in [-0.4, -0.2) is 51.9 Å². The van der Waals surface area contributed by atoms with Gasteiger partial charge in [-0.25, -0.2) is 9.97 Å². The molecule has 7 nitrogen and oxygen atoms in total. The maximum atomic E-state index is 11.7. The number of rotatable bonds is 4. The normalized spacial score (nSPS) is 19.6. The van der Waals surface area contributed by atoms with E-state index in [9.17, 15) is 4.79 Å². The average molecular weight is 366 g/mol. The van der Waals surface area contributed by atoms with Crippen LogP contribution in [0.15, 0.2) is 24.4 Å². The molecular formula is C20H26N6O. The van der Waals surface area contributed by atoms with E-state index >= 15 is 0 Å². The Morgan fingerprint density at radius 2 is 1.96 bits per heavy atom. The molecule has 0 spiro atoms. The summed E-state index contributed by atoms with van der Waals surface area (Å²) in [6, 6.07) is 5.99. The van der Waals surface area contributed by atoms with Gasteiger partial charge in [0.25, 0.3) is 0 Å². The first-order valence-corrected chi connectivity index (χ1v) is 9.67. The van der Waals surface area contributed by atoms with Crippen molar-refractivity contribution in [3.63, 3.8) is 0 Å². The predicted molar refractivity (Wildman–Crippen MR) is 105 cm³/mol. The number of pyridine rings is 1. The highest BCUT2D eigenvalue weighted by Crippen LogP contribution is 2.30. The van der Waals surface area contributed by atoms with Crippen LogP contribution in [0.2, 0.25) is 0 Å². The van der Waals surface area contributed by atoms with Gasteiger partial charge < -0.3 is 15.1 Å². The van der Waals surface area contributed by atoms with E-state index in [-0.39, 0.29) is 11.8 Å². The Morgan fingerprint density at radius 3 is 2.67 bits per heavy atom. The Hall–Kier alpha value is -2.70. The van der Waals surface area contributed by atoms with Crippen LogP contribution in [0.5, 0.6) is 0 Å². The van der Waals surface area contributed by atoms with Gasteiger partial charge in [-0.15, -0.1) is 0 Å². The Labute approximate surface area is 159 Å². The van der Waals surface area contributed by atoms with Gasteiger partial charge in [-0.05, 0) is 43.9 Å². The number of hydrogen-bond acceptors (Lipinski definition) is 6. The van der Waals surface area contributed by atoms with E-state index in [1.54, 1.807) is 13.1 Å². The SMILES string of the molecule is CC(=O)N1CCC(c2cc(Nc3cc(C)ccn3)nc(N3CCCC3)n2)C1. The van der Waals surface area contributed by atoms with Crippen molar-refractivity contribution in [2.45, 2.75) is 39.0 Å². The highest BCUT2D eigenvalue weighted by atomic mass is 16.2. The number of likely N-dealkylation sites (tertiary alicyclic amines) is 1. The summed E-state index contributed by atoms with van der Waals surface area (Å²) in [6.07, 6.45) is 5.09. The zero-order valence-corrected chi connectivity index (χ0v) is 16.0. The summed E-state index contributed by atoms with van der Waals surface area (Å²) in [4.78, 5) is 29.9. The lowest BCUT2D eigenvalue weighted by molar-refractivity contribution is -0.127. The number of nitrogens with one attached hydrogen (secondary N) is 1. The molecule has 142 valence electrons. The van der Waals surface area contributed by atoms with Gasteiger partial charge in [0, 0.05) is 51.3 Å². The molecule has 4 heterocycles. The maximum absolute atomic E-state index is 11.7. The summed E-state index contributed by atoms with van der Waals surface area (Å²) < 4.78 is 0. The molecule has 2 aromatic rings. The fourth-order valence-corrected chi connectivity index (χ4v) is 3.81. The molecule has 2 aliphatic rings. The lowest BCUT2D eigenvalue weighted by atomic mass is 10.0. The molecule has 1 amide bonds. The zero-order chi connectivity index (χ0) is 18.8. The number of hydrogen-bond donors (Lipinski definition) is 1. The minimum absolute atomic E-state index is 0.133. The molecule has 0 radical (unpaired) electrons. The van der Waals surface area contributed by atoms with Crippen molar-refractivity contribution < 1.29 is 4.79 Å². The van der Waals surface area contributed by atoms with E-state index in [0.717, 1.165) is 61.4 Å². The van der Waals surface area contributed by atoms with E-state index in [1.165, 1.54) is 12.8 Å². The first kappa shape index (κ1) is 17.7. The molecule has 0 bridgehead atoms. The predicted octanol–water partition coefficient (Wildman–Crippen LogP) is 2.86. The third kappa shape index (κ3) is 4.02. The molecule has 7 heteroatoms. The molecule has 0 saturated carbocycles. The number of amides is 1. The first-order chi connectivity index (χ1) is 13.1. The Bertz CT molecular complexity index is 833. The van der Waals surface area contributed by atoms with Crippen molar-refractivity contribution in [1.82, 2.24) is 19.9 Å². The van der Waals surface area contributed by atoms with Gasteiger partial charge in [0.1, 0.15) is 11.6 Å². The number of carbonyl (C=O) groups excluding carboxylic acids is 1. The van der Waals surface area contributed by atoms with Crippen LogP contribution < -0.4 is 10.2 Å². The highest BCUT2D eigenvalue weighted by molar-refractivity contribution is 5.73. The minimum atomic E-state index is 0.133. The first-order valence-electron chi connectivity index (χ1n) is 9.67. The fraction of sp³-hybridized carbons (Fsp3) is 0.500. The summed E-state index contributed by atoms with van der Waals surface area (Å²) in [5.74, 6) is 2.71. The van der Waals surface area contributed by atoms with Crippen LogP contribution in [0.1, 0.15) is 43.4 Å². The Morgan fingerprint density at radius 1 is 1.15 bits per heavy atom. The topological polar surface area (TPSA) is 74.2 Å². The van der Waals surface area contributed by atoms with Crippen LogP contribution in [0.4, 0.5) is 17.6 Å². The average Bonchev–Trinajstić information content (AvgIpc) is 3.34. The molecule has 0 aliphatic carbocycles. The van der Waals surface area contributed by atoms with Gasteiger partial charge in [0.15, 0.2) is 0 Å². The van der Waals surface area contributed by atoms with Crippen molar-refractivity contribution in [3.05, 3.63) is 35.7 Å². The number of aryl methyl sites for hydroxylation is 1. The Balaban J connectivity index is 1.63. The molecular weight excluding hydrogens is 340 g/mol. The standard InChI is InChI=1S/C20H26N6O/c1-14-5-7-21-18(11-14)23-19-12-17(16-6-10-26(13-16)15(2)27)22-20(24-19)25-8-3-4-9-25/h5,7,11-12,16H,3-4,6,8-10,13H2,1-2H3,(H,21,22,23,24). The van der Waals surface area contributed by atoms with Crippen molar-refractivity contribution in [2.75, 3.05) is 36.4 Å². The third-order valence-electron chi connectivity index (χ3n) is 5.35. The summed E-state index contributed by atoms with van der Waals surface area (Å²) in [6.45, 7) is 7.20. The van der Waals surface area contributed by atoms with E-state index in [0.29, 0.717) is 0 Å². The summed E-state index contributed by atoms with van der Waals surface area (Å²) >= 11 is 0. The monoisotopic (exact) mass is 366 g/mol. The number of nitrogens with zero attached hydrogens (tertiary/aromatic N) is 5. The Kier molecular flexibility index (Phi) is 4.92. The smallest absolute Gasteiger partial charge is 0.227 e. The summed E-state index contributed by atoms with van der Waals surface area (Å²) in [5, 5.41) is 3.34. The van der Waals surface area contributed by atoms with E-state index in [1.807, 2.05) is 30.0 Å². The maximum Gasteiger partial charge on any atom is 0.227 e. The second-order valence-electron chi connectivity index (χ2n) is 7.47. The van der Waals surface area contributed by atoms with Gasteiger partial charge >= 0.3 is 0 Å². The third-order valence-corrected chi connectivity index (χ3v) is 5.35. The van der Waals surface area contributed by atoms with Crippen molar-refractivity contribution in [2.24, 2.45) is 0 Å². The quantitative estimate of drug-likeness (QED) is 0.897. The number of aromatic nitrogens is 3. The van der Waals surface area contributed by atoms with Gasteiger partial charge in [-0.2, -0.15) is 4.98 Å². The molecule has 2 fully saturated rings. The molecule has 2 aromatic heterocycles. The van der Waals surface area contributed by atoms with Crippen LogP contribution in [0, 0.1) is 6.92 Å². The second-order valence-corrected chi connectivity index (χ2v) is 7.47. The van der Waals surface area contributed by atoms with Crippen LogP contribution in [0.3, 0.4) is 0 Å². The van der Waals surface area contributed by atoms with Gasteiger partial charge in [0.2, 0.25) is 11.9 Å². The molecule has 27 heavy (non-hydrogen) atoms. The van der Waals surface area contributed by atoms with E-state index in [4.69, 9.17) is 9.97 Å². The van der Waals surface area contributed by atoms with E-state index in [2.05, 4.69) is 15.2 Å². The highest BCUT2D eigenvalue weighted by Gasteiger charge is 2.28. The van der Waals surface area contributed by atoms with Crippen molar-refractivity contribution in [3.8, 4) is 0 Å². The zero-order valence-electron chi connectivity index (χ0n) is 16.0. The number of anilines is 3. The lowest BCUT2D eigenvalue weighted by Gasteiger charge is -2.19. The molecule has 0 aromatic carbocycles. The van der Waals surface area contributed by atoms with Crippen molar-refractivity contribution in [1.29, 1.82) is 0 Å². The molecule has 2 aliphatic heterocycles. The molecule has 1 atom stereocenters. The van der Waals surface area contributed by atoms with Crippen LogP contribution in [0.25, 0.3) is 0 Å². The van der Waals surface area contributed by atoms with Crippen LogP contribution >= 0.6 is 0 Å². The van der Waals surface area contributed by atoms with Gasteiger partial charge in [-0.3, -0.25) is 4.79 Å². The fourth-order valence-electron chi connectivity index (χ4n) is 3.81. The molecule has 1 unspecified atom stereocenters. The van der Waals surface area contributed by atoms with Gasteiger partial charge in [0.05, 0.1) is 5.69 Å². The summed E-state index contributed by atoms with van der Waals surface area (Å²) in [5.41, 5.74) is 2.15. The lowest BCUT2D eigenvalue weighted by Crippen LogP contribution is -2.26. The molecule has 4 rings (SSSR count). The second kappa shape index (κ2) is 7.50. The van der Waals surface area contributed by atoms with E-state index < -0.39 is 0 Å². The largest absolute Gasteiger partial charge is 0.342 e. The molecule has 2 saturated heterocycles. The number of carbonyl (C=O) groups is 1. The minimum Gasteiger partial charge on any atom is -0.342 e. The van der Waals surface area contributed by atoms with Crippen LogP contribution in [-0.2, 0) is 4.79 Å². The molecule has 1 N–H and O–H groups in total. The summed E-state index contributed by atoms with van der Waals surface area (Å²) in [7, 11) is 0. The van der Waals surface area contributed by atoms with Gasteiger partial charge in [-0.1, -0.05) is 0 Å².